The average molecular weight is 362 g/mol. The zero-order valence-corrected chi connectivity index (χ0v) is 15.2. The van der Waals surface area contributed by atoms with Crippen molar-refractivity contribution >= 4 is 11.0 Å². The van der Waals surface area contributed by atoms with E-state index in [1.807, 2.05) is 50.5 Å². The molecule has 6 heteroatoms. The predicted octanol–water partition coefficient (Wildman–Crippen LogP) is 5.83. The summed E-state index contributed by atoms with van der Waals surface area (Å²) < 4.78 is 46.8. The van der Waals surface area contributed by atoms with Gasteiger partial charge in [-0.05, 0) is 63.1 Å². The number of ether oxygens (including phenoxy) is 1. The van der Waals surface area contributed by atoms with Gasteiger partial charge in [0.1, 0.15) is 18.2 Å². The van der Waals surface area contributed by atoms with Crippen LogP contribution in [-0.4, -0.2) is 9.55 Å². The largest absolute Gasteiger partial charge is 0.485 e. The van der Waals surface area contributed by atoms with Crippen molar-refractivity contribution < 1.29 is 17.9 Å². The van der Waals surface area contributed by atoms with Crippen LogP contribution in [0.25, 0.3) is 11.0 Å². The van der Waals surface area contributed by atoms with Gasteiger partial charge in [0.25, 0.3) is 0 Å². The number of rotatable bonds is 4. The molecule has 3 nitrogen and oxygen atoms in total. The van der Waals surface area contributed by atoms with Crippen LogP contribution in [0.4, 0.5) is 13.2 Å². The van der Waals surface area contributed by atoms with Crippen molar-refractivity contribution in [3.05, 3.63) is 58.9 Å². The summed E-state index contributed by atoms with van der Waals surface area (Å²) in [5, 5.41) is 0. The van der Waals surface area contributed by atoms with Gasteiger partial charge in [0.2, 0.25) is 0 Å². The van der Waals surface area contributed by atoms with Gasteiger partial charge in [-0.15, -0.1) is 0 Å². The van der Waals surface area contributed by atoms with Crippen molar-refractivity contribution in [3.63, 3.8) is 0 Å². The van der Waals surface area contributed by atoms with Crippen LogP contribution in [0.3, 0.4) is 0 Å². The number of alkyl halides is 3. The highest BCUT2D eigenvalue weighted by atomic mass is 19.4. The smallest absolute Gasteiger partial charge is 0.416 e. The fourth-order valence-corrected chi connectivity index (χ4v) is 3.03. The summed E-state index contributed by atoms with van der Waals surface area (Å²) >= 11 is 0. The van der Waals surface area contributed by atoms with E-state index in [1.54, 1.807) is 0 Å². The number of aromatic nitrogens is 2. The van der Waals surface area contributed by atoms with E-state index >= 15 is 0 Å². The average Bonchev–Trinajstić information content (AvgIpc) is 2.93. The lowest BCUT2D eigenvalue weighted by molar-refractivity contribution is -0.137. The Labute approximate surface area is 150 Å². The third-order valence-electron chi connectivity index (χ3n) is 4.52. The zero-order chi connectivity index (χ0) is 19.1. The second-order valence-corrected chi connectivity index (χ2v) is 6.68. The number of imidazole rings is 1. The van der Waals surface area contributed by atoms with Gasteiger partial charge >= 0.3 is 6.18 Å². The lowest BCUT2D eigenvalue weighted by atomic mass is 10.1. The molecule has 0 saturated heterocycles. The van der Waals surface area contributed by atoms with Gasteiger partial charge in [-0.25, -0.2) is 4.98 Å². The van der Waals surface area contributed by atoms with Gasteiger partial charge in [0.15, 0.2) is 0 Å². The summed E-state index contributed by atoms with van der Waals surface area (Å²) in [4.78, 5) is 4.41. The van der Waals surface area contributed by atoms with E-state index in [0.29, 0.717) is 16.9 Å². The molecule has 0 N–H and O–H groups in total. The minimum absolute atomic E-state index is 0.0499. The first-order valence-corrected chi connectivity index (χ1v) is 8.45. The highest BCUT2D eigenvalue weighted by Crippen LogP contribution is 2.32. The molecule has 0 bridgehead atoms. The van der Waals surface area contributed by atoms with Crippen LogP contribution < -0.4 is 4.74 Å². The Morgan fingerprint density at radius 3 is 2.50 bits per heavy atom. The quantitative estimate of drug-likeness (QED) is 0.584. The number of fused-ring (bicyclic) bond motifs is 1. The minimum Gasteiger partial charge on any atom is -0.485 e. The Bertz CT molecular complexity index is 942. The molecule has 3 aromatic rings. The van der Waals surface area contributed by atoms with Crippen LogP contribution in [0.2, 0.25) is 0 Å². The number of benzene rings is 2. The maximum atomic E-state index is 13.0. The Balaban J connectivity index is 1.99. The van der Waals surface area contributed by atoms with E-state index in [1.165, 1.54) is 6.07 Å². The van der Waals surface area contributed by atoms with Crippen molar-refractivity contribution in [1.29, 1.82) is 0 Å². The van der Waals surface area contributed by atoms with Crippen molar-refractivity contribution in [2.45, 2.75) is 46.5 Å². The van der Waals surface area contributed by atoms with E-state index in [2.05, 4.69) is 4.98 Å². The monoisotopic (exact) mass is 362 g/mol. The molecule has 1 aromatic heterocycles. The van der Waals surface area contributed by atoms with Crippen LogP contribution in [0.1, 0.15) is 42.4 Å². The summed E-state index contributed by atoms with van der Waals surface area (Å²) in [5.41, 5.74) is 2.47. The number of aryl methyl sites for hydroxylation is 1. The molecule has 1 heterocycles. The number of nitrogens with zero attached hydrogens (tertiary/aromatic N) is 2. The van der Waals surface area contributed by atoms with Gasteiger partial charge in [0.05, 0.1) is 16.6 Å². The van der Waals surface area contributed by atoms with Crippen molar-refractivity contribution in [3.8, 4) is 5.75 Å². The Morgan fingerprint density at radius 1 is 1.12 bits per heavy atom. The van der Waals surface area contributed by atoms with Gasteiger partial charge < -0.3 is 9.30 Å². The third-order valence-corrected chi connectivity index (χ3v) is 4.52. The minimum atomic E-state index is -4.38. The third kappa shape index (κ3) is 3.41. The molecule has 2 aromatic carbocycles. The molecule has 0 aliphatic carbocycles. The molecule has 0 unspecified atom stereocenters. The van der Waals surface area contributed by atoms with Crippen LogP contribution in [0.5, 0.6) is 5.75 Å². The number of hydrogen-bond donors (Lipinski definition) is 0. The standard InChI is InChI=1S/C20H21F3N2O/c1-12(2)25-17-9-8-15(20(21,22)23)10-16(17)24-19(25)11-26-18-7-5-6-13(3)14(18)4/h5-10,12H,11H2,1-4H3. The maximum Gasteiger partial charge on any atom is 0.416 e. The van der Waals surface area contributed by atoms with E-state index < -0.39 is 11.7 Å². The van der Waals surface area contributed by atoms with Crippen molar-refractivity contribution in [2.24, 2.45) is 0 Å². The topological polar surface area (TPSA) is 27.1 Å². The molecule has 0 spiro atoms. The summed E-state index contributed by atoms with van der Waals surface area (Å²) in [7, 11) is 0. The number of hydrogen-bond acceptors (Lipinski definition) is 2. The molecular weight excluding hydrogens is 341 g/mol. The second kappa shape index (κ2) is 6.67. The summed E-state index contributed by atoms with van der Waals surface area (Å²) in [5.74, 6) is 1.36. The van der Waals surface area contributed by atoms with Crippen LogP contribution in [0.15, 0.2) is 36.4 Å². The Morgan fingerprint density at radius 2 is 1.85 bits per heavy atom. The normalized spacial score (nSPS) is 12.2. The SMILES string of the molecule is Cc1cccc(OCc2nc3cc(C(F)(F)F)ccc3n2C(C)C)c1C. The van der Waals surface area contributed by atoms with Gasteiger partial charge in [-0.1, -0.05) is 12.1 Å². The van der Waals surface area contributed by atoms with Gasteiger partial charge in [0, 0.05) is 6.04 Å². The molecule has 26 heavy (non-hydrogen) atoms. The highest BCUT2D eigenvalue weighted by molar-refractivity contribution is 5.77. The molecule has 0 saturated carbocycles. The van der Waals surface area contributed by atoms with E-state index in [-0.39, 0.29) is 12.6 Å². The Kier molecular flexibility index (Phi) is 4.69. The highest BCUT2D eigenvalue weighted by Gasteiger charge is 2.31. The van der Waals surface area contributed by atoms with E-state index in [0.717, 1.165) is 29.0 Å². The first kappa shape index (κ1) is 18.3. The molecule has 0 aliphatic heterocycles. The van der Waals surface area contributed by atoms with Crippen LogP contribution in [0, 0.1) is 13.8 Å². The molecule has 138 valence electrons. The van der Waals surface area contributed by atoms with Crippen molar-refractivity contribution in [2.75, 3.05) is 0 Å². The lowest BCUT2D eigenvalue weighted by Crippen LogP contribution is -2.10. The molecular formula is C20H21F3N2O. The molecule has 0 amide bonds. The van der Waals surface area contributed by atoms with Gasteiger partial charge in [-0.3, -0.25) is 0 Å². The first-order valence-electron chi connectivity index (χ1n) is 8.45. The van der Waals surface area contributed by atoms with E-state index in [9.17, 15) is 13.2 Å². The summed E-state index contributed by atoms with van der Waals surface area (Å²) in [6.45, 7) is 8.12. The molecule has 3 rings (SSSR count). The fourth-order valence-electron chi connectivity index (χ4n) is 3.03. The fraction of sp³-hybridized carbons (Fsp3) is 0.350. The van der Waals surface area contributed by atoms with Crippen LogP contribution in [-0.2, 0) is 12.8 Å². The lowest BCUT2D eigenvalue weighted by Gasteiger charge is -2.15. The number of halogens is 3. The predicted molar refractivity (Wildman–Crippen MR) is 95.4 cm³/mol. The van der Waals surface area contributed by atoms with Crippen molar-refractivity contribution in [1.82, 2.24) is 9.55 Å². The molecule has 0 radical (unpaired) electrons. The molecule has 0 aliphatic rings. The first-order chi connectivity index (χ1) is 12.2. The molecule has 0 atom stereocenters. The summed E-state index contributed by atoms with van der Waals surface area (Å²) in [6, 6.07) is 9.52. The zero-order valence-electron chi connectivity index (χ0n) is 15.2. The van der Waals surface area contributed by atoms with E-state index in [4.69, 9.17) is 4.74 Å². The summed E-state index contributed by atoms with van der Waals surface area (Å²) in [6.07, 6.45) is -4.38. The van der Waals surface area contributed by atoms with Gasteiger partial charge in [-0.2, -0.15) is 13.2 Å². The Hall–Kier alpha value is -2.50. The van der Waals surface area contributed by atoms with Crippen LogP contribution >= 0.6 is 0 Å². The maximum absolute atomic E-state index is 13.0. The molecule has 0 fully saturated rings. The second-order valence-electron chi connectivity index (χ2n) is 6.68.